The number of hydrogen-bond donors (Lipinski definition) is 1. The summed E-state index contributed by atoms with van der Waals surface area (Å²) < 4.78 is 1.85. The molecule has 3 rings (SSSR count). The van der Waals surface area contributed by atoms with Gasteiger partial charge in [0.05, 0.1) is 12.1 Å². The molecule has 1 aromatic heterocycles. The first-order chi connectivity index (χ1) is 11.1. The molecule has 4 nitrogen and oxygen atoms in total. The standard InChI is InChI=1S/C19H21N3O.2ClH/c1-21(2)11-12-22-14-18(19(23)20-22)17-10-6-9-16(13-17)15-7-4-3-5-8-15;;/h3-10,13-14H,11-12H2,1-2H3,(H,20,23);2*1H. The molecule has 134 valence electrons. The van der Waals surface area contributed by atoms with E-state index in [9.17, 15) is 4.79 Å². The van der Waals surface area contributed by atoms with Crippen LogP contribution in [0, 0.1) is 0 Å². The second-order valence-corrected chi connectivity index (χ2v) is 5.93. The van der Waals surface area contributed by atoms with Crippen molar-refractivity contribution in [2.45, 2.75) is 6.54 Å². The highest BCUT2D eigenvalue weighted by Crippen LogP contribution is 2.24. The zero-order valence-electron chi connectivity index (χ0n) is 14.3. The summed E-state index contributed by atoms with van der Waals surface area (Å²) in [6, 6.07) is 18.3. The van der Waals surface area contributed by atoms with Crippen molar-refractivity contribution in [1.82, 2.24) is 14.7 Å². The third-order valence-electron chi connectivity index (χ3n) is 3.84. The average molecular weight is 380 g/mol. The summed E-state index contributed by atoms with van der Waals surface area (Å²) in [5.74, 6) is 0. The lowest BCUT2D eigenvalue weighted by molar-refractivity contribution is 0.372. The molecule has 0 aliphatic carbocycles. The highest BCUT2D eigenvalue weighted by atomic mass is 35.5. The van der Waals surface area contributed by atoms with Gasteiger partial charge in [-0.15, -0.1) is 24.8 Å². The van der Waals surface area contributed by atoms with E-state index in [0.29, 0.717) is 5.56 Å². The monoisotopic (exact) mass is 379 g/mol. The first-order valence-corrected chi connectivity index (χ1v) is 7.73. The summed E-state index contributed by atoms with van der Waals surface area (Å²) in [5.41, 5.74) is 3.87. The lowest BCUT2D eigenvalue weighted by Crippen LogP contribution is -2.19. The van der Waals surface area contributed by atoms with Crippen LogP contribution in [0.5, 0.6) is 0 Å². The van der Waals surface area contributed by atoms with Gasteiger partial charge in [-0.25, -0.2) is 0 Å². The third kappa shape index (κ3) is 5.23. The second-order valence-electron chi connectivity index (χ2n) is 5.93. The Labute approximate surface area is 160 Å². The van der Waals surface area contributed by atoms with Crippen molar-refractivity contribution < 1.29 is 0 Å². The van der Waals surface area contributed by atoms with Crippen molar-refractivity contribution in [1.29, 1.82) is 0 Å². The highest BCUT2D eigenvalue weighted by molar-refractivity contribution is 5.85. The Hall–Kier alpha value is -2.01. The van der Waals surface area contributed by atoms with Crippen molar-refractivity contribution >= 4 is 24.8 Å². The minimum atomic E-state index is -0.0473. The Morgan fingerprint density at radius 3 is 2.24 bits per heavy atom. The highest BCUT2D eigenvalue weighted by Gasteiger charge is 2.08. The van der Waals surface area contributed by atoms with E-state index < -0.39 is 0 Å². The van der Waals surface area contributed by atoms with Crippen LogP contribution in [-0.2, 0) is 6.54 Å². The summed E-state index contributed by atoms with van der Waals surface area (Å²) in [4.78, 5) is 14.3. The molecule has 0 spiro atoms. The number of aromatic amines is 1. The largest absolute Gasteiger partial charge is 0.308 e. The number of likely N-dealkylation sites (N-methyl/N-ethyl adjacent to an activating group) is 1. The Bertz CT molecular complexity index is 841. The van der Waals surface area contributed by atoms with Crippen LogP contribution in [0.3, 0.4) is 0 Å². The van der Waals surface area contributed by atoms with Crippen molar-refractivity contribution in [2.24, 2.45) is 0 Å². The molecule has 0 amide bonds. The van der Waals surface area contributed by atoms with Gasteiger partial charge in [0, 0.05) is 12.7 Å². The van der Waals surface area contributed by atoms with Gasteiger partial charge >= 0.3 is 0 Å². The van der Waals surface area contributed by atoms with Gasteiger partial charge in [0.15, 0.2) is 0 Å². The van der Waals surface area contributed by atoms with E-state index in [4.69, 9.17) is 0 Å². The summed E-state index contributed by atoms with van der Waals surface area (Å²) in [6.45, 7) is 1.65. The van der Waals surface area contributed by atoms with E-state index >= 15 is 0 Å². The fourth-order valence-electron chi connectivity index (χ4n) is 2.57. The molecule has 0 saturated heterocycles. The minimum Gasteiger partial charge on any atom is -0.308 e. The van der Waals surface area contributed by atoms with Crippen LogP contribution in [0.15, 0.2) is 65.6 Å². The lowest BCUT2D eigenvalue weighted by Gasteiger charge is -2.09. The minimum absolute atomic E-state index is 0. The van der Waals surface area contributed by atoms with Gasteiger partial charge in [-0.1, -0.05) is 48.5 Å². The van der Waals surface area contributed by atoms with Crippen molar-refractivity contribution in [3.05, 3.63) is 71.1 Å². The lowest BCUT2D eigenvalue weighted by atomic mass is 10.0. The van der Waals surface area contributed by atoms with Crippen LogP contribution in [0.4, 0.5) is 0 Å². The molecule has 0 saturated carbocycles. The number of rotatable bonds is 5. The van der Waals surface area contributed by atoms with E-state index in [2.05, 4.69) is 34.3 Å². The molecular weight excluding hydrogens is 357 g/mol. The third-order valence-corrected chi connectivity index (χ3v) is 3.84. The number of hydrogen-bond acceptors (Lipinski definition) is 2. The number of benzene rings is 2. The maximum atomic E-state index is 12.2. The summed E-state index contributed by atoms with van der Waals surface area (Å²) in [7, 11) is 4.04. The molecule has 0 aliphatic rings. The molecule has 0 aliphatic heterocycles. The molecule has 0 atom stereocenters. The molecule has 3 aromatic rings. The van der Waals surface area contributed by atoms with E-state index in [0.717, 1.165) is 29.8 Å². The van der Waals surface area contributed by atoms with Crippen LogP contribution in [0.2, 0.25) is 0 Å². The molecule has 0 bridgehead atoms. The number of halogens is 2. The first-order valence-electron chi connectivity index (χ1n) is 7.73. The van der Waals surface area contributed by atoms with Crippen LogP contribution in [0.25, 0.3) is 22.3 Å². The predicted octanol–water partition coefficient (Wildman–Crippen LogP) is 3.92. The fourth-order valence-corrected chi connectivity index (χ4v) is 2.57. The van der Waals surface area contributed by atoms with Gasteiger partial charge in [0.25, 0.3) is 5.56 Å². The predicted molar refractivity (Wildman–Crippen MR) is 109 cm³/mol. The molecule has 1 heterocycles. The smallest absolute Gasteiger partial charge is 0.271 e. The summed E-state index contributed by atoms with van der Waals surface area (Å²) >= 11 is 0. The van der Waals surface area contributed by atoms with Gasteiger partial charge in [-0.2, -0.15) is 0 Å². The quantitative estimate of drug-likeness (QED) is 0.729. The van der Waals surface area contributed by atoms with Gasteiger partial charge in [-0.3, -0.25) is 14.6 Å². The topological polar surface area (TPSA) is 41.0 Å². The van der Waals surface area contributed by atoms with Crippen molar-refractivity contribution in [2.75, 3.05) is 20.6 Å². The van der Waals surface area contributed by atoms with E-state index in [-0.39, 0.29) is 30.4 Å². The average Bonchev–Trinajstić information content (AvgIpc) is 2.95. The van der Waals surface area contributed by atoms with Crippen LogP contribution < -0.4 is 5.56 Å². The maximum Gasteiger partial charge on any atom is 0.271 e. The molecule has 2 aromatic carbocycles. The summed E-state index contributed by atoms with van der Waals surface area (Å²) in [6.07, 6.45) is 1.90. The SMILES string of the molecule is CN(C)CCn1cc(-c2cccc(-c3ccccc3)c2)c(=O)[nH]1.Cl.Cl. The Morgan fingerprint density at radius 1 is 0.920 bits per heavy atom. The van der Waals surface area contributed by atoms with Gasteiger partial charge in [-0.05, 0) is 36.9 Å². The van der Waals surface area contributed by atoms with E-state index in [1.807, 2.05) is 55.3 Å². The maximum absolute atomic E-state index is 12.2. The van der Waals surface area contributed by atoms with Gasteiger partial charge in [0.2, 0.25) is 0 Å². The second kappa shape index (κ2) is 9.47. The van der Waals surface area contributed by atoms with Gasteiger partial charge in [0.1, 0.15) is 0 Å². The van der Waals surface area contributed by atoms with Gasteiger partial charge < -0.3 is 4.90 Å². The number of nitrogens with zero attached hydrogens (tertiary/aromatic N) is 2. The Balaban J connectivity index is 0.00000156. The van der Waals surface area contributed by atoms with E-state index in [1.165, 1.54) is 0 Å². The molecule has 25 heavy (non-hydrogen) atoms. The zero-order valence-corrected chi connectivity index (χ0v) is 15.9. The Kier molecular flexibility index (Phi) is 7.97. The molecule has 0 fully saturated rings. The molecular formula is C19H23Cl2N3O. The molecule has 0 unspecified atom stereocenters. The number of H-pyrrole nitrogens is 1. The van der Waals surface area contributed by atoms with Crippen LogP contribution in [-0.4, -0.2) is 35.3 Å². The number of nitrogens with one attached hydrogen (secondary N) is 1. The number of aromatic nitrogens is 2. The molecule has 6 heteroatoms. The first kappa shape index (κ1) is 21.0. The van der Waals surface area contributed by atoms with Crippen molar-refractivity contribution in [3.63, 3.8) is 0 Å². The van der Waals surface area contributed by atoms with Crippen molar-refractivity contribution in [3.8, 4) is 22.3 Å². The van der Waals surface area contributed by atoms with Crippen LogP contribution >= 0.6 is 24.8 Å². The van der Waals surface area contributed by atoms with Crippen LogP contribution in [0.1, 0.15) is 0 Å². The molecule has 1 N–H and O–H groups in total. The normalized spacial score (nSPS) is 10.2. The molecule has 0 radical (unpaired) electrons. The van der Waals surface area contributed by atoms with E-state index in [1.54, 1.807) is 0 Å². The zero-order chi connectivity index (χ0) is 16.2. The Morgan fingerprint density at radius 2 is 1.56 bits per heavy atom. The fraction of sp³-hybridized carbons (Fsp3) is 0.211. The summed E-state index contributed by atoms with van der Waals surface area (Å²) in [5, 5.41) is 2.89.